The Labute approximate surface area is 213 Å². The fourth-order valence-corrected chi connectivity index (χ4v) is 5.11. The van der Waals surface area contributed by atoms with Gasteiger partial charge >= 0.3 is 0 Å². The van der Waals surface area contributed by atoms with E-state index in [1.54, 1.807) is 13.0 Å². The fraction of sp³-hybridized carbons (Fsp3) is 0.500. The molecule has 0 aromatic carbocycles. The highest BCUT2D eigenvalue weighted by Crippen LogP contribution is 2.38. The second-order valence-corrected chi connectivity index (χ2v) is 9.00. The predicted octanol–water partition coefficient (Wildman–Crippen LogP) is 3.46. The highest BCUT2D eigenvalue weighted by molar-refractivity contribution is 5.96. The molecule has 37 heavy (non-hydrogen) atoms. The molecule has 11 heteroatoms. The van der Waals surface area contributed by atoms with Crippen molar-refractivity contribution in [1.29, 1.82) is 0 Å². The third-order valence-corrected chi connectivity index (χ3v) is 6.91. The third-order valence-electron chi connectivity index (χ3n) is 6.91. The molecule has 1 N–H and O–H groups in total. The van der Waals surface area contributed by atoms with Gasteiger partial charge in [-0.15, -0.1) is 0 Å². The lowest BCUT2D eigenvalue weighted by molar-refractivity contribution is 0.0769. The van der Waals surface area contributed by atoms with E-state index in [2.05, 4.69) is 4.98 Å². The van der Waals surface area contributed by atoms with Gasteiger partial charge in [0.05, 0.1) is 20.1 Å². The van der Waals surface area contributed by atoms with Gasteiger partial charge in [0, 0.05) is 26.1 Å². The zero-order chi connectivity index (χ0) is 26.7. The van der Waals surface area contributed by atoms with E-state index in [1.807, 2.05) is 0 Å². The van der Waals surface area contributed by atoms with Crippen LogP contribution in [0.15, 0.2) is 46.4 Å². The molecule has 1 saturated heterocycles. The molecule has 1 amide bonds. The second-order valence-electron chi connectivity index (χ2n) is 9.00. The number of carbonyl (C=O) groups excluding carboxylic acids is 1. The van der Waals surface area contributed by atoms with Crippen LogP contribution in [0.25, 0.3) is 5.70 Å². The fourth-order valence-electron chi connectivity index (χ4n) is 5.11. The Morgan fingerprint density at radius 1 is 1.30 bits per heavy atom. The van der Waals surface area contributed by atoms with E-state index in [9.17, 15) is 23.5 Å². The molecule has 1 aromatic rings. The molecule has 2 heterocycles. The van der Waals surface area contributed by atoms with Crippen molar-refractivity contribution in [3.05, 3.63) is 63.4 Å². The number of hydrogen-bond acceptors (Lipinski definition) is 7. The van der Waals surface area contributed by atoms with Gasteiger partial charge < -0.3 is 24.2 Å². The molecule has 0 spiro atoms. The van der Waals surface area contributed by atoms with E-state index < -0.39 is 46.7 Å². The van der Waals surface area contributed by atoms with Crippen molar-refractivity contribution in [3.63, 3.8) is 0 Å². The molecular formula is C26H31F2N3O6. The van der Waals surface area contributed by atoms with Gasteiger partial charge in [0.25, 0.3) is 11.5 Å². The summed E-state index contributed by atoms with van der Waals surface area (Å²) in [7, 11) is 2.94. The molecule has 3 aliphatic rings. The number of halogens is 2. The van der Waals surface area contributed by atoms with E-state index in [-0.39, 0.29) is 25.5 Å². The molecule has 0 bridgehead atoms. The number of aromatic hydroxyl groups is 1. The zero-order valence-corrected chi connectivity index (χ0v) is 21.1. The number of likely N-dealkylation sites (tertiary alicyclic amines) is 1. The summed E-state index contributed by atoms with van der Waals surface area (Å²) < 4.78 is 46.6. The van der Waals surface area contributed by atoms with E-state index in [0.717, 1.165) is 0 Å². The maximum absolute atomic E-state index is 14.5. The van der Waals surface area contributed by atoms with Crippen LogP contribution in [-0.2, 0) is 20.8 Å². The van der Waals surface area contributed by atoms with Crippen molar-refractivity contribution < 1.29 is 32.9 Å². The minimum Gasteiger partial charge on any atom is -0.499 e. The number of ether oxygens (including phenoxy) is 3. The number of methoxy groups -OCH3 is 2. The summed E-state index contributed by atoms with van der Waals surface area (Å²) in [5.74, 6) is -2.52. The quantitative estimate of drug-likeness (QED) is 0.561. The maximum atomic E-state index is 14.5. The number of rotatable bonds is 8. The van der Waals surface area contributed by atoms with E-state index in [4.69, 9.17) is 14.2 Å². The van der Waals surface area contributed by atoms with Gasteiger partial charge in [-0.3, -0.25) is 14.2 Å². The van der Waals surface area contributed by atoms with Gasteiger partial charge in [-0.05, 0) is 43.9 Å². The largest absolute Gasteiger partial charge is 0.499 e. The van der Waals surface area contributed by atoms with Crippen molar-refractivity contribution in [2.24, 2.45) is 11.8 Å². The first-order valence-electron chi connectivity index (χ1n) is 12.2. The standard InChI is InChI=1S/C26H31F2N3O6/c1-4-37-14-20-29-24(32)22(26(34)31(20)23-18(35-2)9-6-10-19(23)36-3)25(33)30-12-11-15(13-30)21-16(27)7-5-8-17(21)28/h5,7-9,15-16,21,34H,4,6,10-14H2,1-3H3. The van der Waals surface area contributed by atoms with Crippen LogP contribution in [0.3, 0.4) is 0 Å². The average Bonchev–Trinajstić information content (AvgIpc) is 3.36. The maximum Gasteiger partial charge on any atom is 0.289 e. The lowest BCUT2D eigenvalue weighted by Gasteiger charge is -2.27. The van der Waals surface area contributed by atoms with Crippen LogP contribution < -0.4 is 5.56 Å². The SMILES string of the molecule is CCOCc1nc(=O)c(C(=O)N2CCC(C3C(F)=CC=CC3F)C2)c(O)n1C1=C(OC)CCC=C1OC. The number of nitrogens with zero attached hydrogens (tertiary/aromatic N) is 3. The molecule has 2 aliphatic carbocycles. The van der Waals surface area contributed by atoms with E-state index in [0.29, 0.717) is 43.1 Å². The number of aromatic nitrogens is 2. The summed E-state index contributed by atoms with van der Waals surface area (Å²) in [6.07, 6.45) is 5.63. The first kappa shape index (κ1) is 26.6. The van der Waals surface area contributed by atoms with Crippen LogP contribution in [-0.4, -0.2) is 65.6 Å². The molecule has 1 aromatic heterocycles. The molecule has 3 atom stereocenters. The molecule has 9 nitrogen and oxygen atoms in total. The van der Waals surface area contributed by atoms with Crippen LogP contribution in [0.5, 0.6) is 5.88 Å². The van der Waals surface area contributed by atoms with Gasteiger partial charge in [-0.1, -0.05) is 6.08 Å². The summed E-state index contributed by atoms with van der Waals surface area (Å²) in [5.41, 5.74) is -1.16. The van der Waals surface area contributed by atoms with Crippen molar-refractivity contribution in [2.75, 3.05) is 33.9 Å². The van der Waals surface area contributed by atoms with Gasteiger partial charge in [-0.2, -0.15) is 4.98 Å². The Kier molecular flexibility index (Phi) is 8.11. The third kappa shape index (κ3) is 5.04. The van der Waals surface area contributed by atoms with Crippen LogP contribution in [0, 0.1) is 11.8 Å². The molecule has 1 aliphatic heterocycles. The molecular weight excluding hydrogens is 488 g/mol. The molecule has 0 saturated carbocycles. The lowest BCUT2D eigenvalue weighted by Crippen LogP contribution is -2.36. The molecule has 1 fully saturated rings. The number of carbonyl (C=O) groups is 1. The first-order valence-corrected chi connectivity index (χ1v) is 12.2. The van der Waals surface area contributed by atoms with Gasteiger partial charge in [0.15, 0.2) is 5.56 Å². The second kappa shape index (κ2) is 11.3. The number of allylic oxidation sites excluding steroid dienone is 7. The summed E-state index contributed by atoms with van der Waals surface area (Å²) in [4.78, 5) is 31.9. The topological polar surface area (TPSA) is 103 Å². The van der Waals surface area contributed by atoms with Crippen LogP contribution in [0.1, 0.15) is 42.4 Å². The van der Waals surface area contributed by atoms with Crippen LogP contribution >= 0.6 is 0 Å². The van der Waals surface area contributed by atoms with Crippen molar-refractivity contribution in [1.82, 2.24) is 14.5 Å². The zero-order valence-electron chi connectivity index (χ0n) is 21.1. The molecule has 0 radical (unpaired) electrons. The average molecular weight is 520 g/mol. The number of hydrogen-bond donors (Lipinski definition) is 1. The van der Waals surface area contributed by atoms with Crippen molar-refractivity contribution >= 4 is 11.6 Å². The first-order chi connectivity index (χ1) is 17.8. The summed E-state index contributed by atoms with van der Waals surface area (Å²) in [6.45, 7) is 2.20. The number of amides is 1. The van der Waals surface area contributed by atoms with Gasteiger partial charge in [0.2, 0.25) is 5.88 Å². The monoisotopic (exact) mass is 519 g/mol. The van der Waals surface area contributed by atoms with Crippen LogP contribution in [0.2, 0.25) is 0 Å². The highest BCUT2D eigenvalue weighted by Gasteiger charge is 2.40. The minimum atomic E-state index is -1.50. The summed E-state index contributed by atoms with van der Waals surface area (Å²) >= 11 is 0. The highest BCUT2D eigenvalue weighted by atomic mass is 19.1. The minimum absolute atomic E-state index is 0.0356. The molecule has 4 rings (SSSR count). The van der Waals surface area contributed by atoms with Gasteiger partial charge in [-0.25, -0.2) is 8.78 Å². The van der Waals surface area contributed by atoms with Gasteiger partial charge in [0.1, 0.15) is 41.6 Å². The van der Waals surface area contributed by atoms with Crippen LogP contribution in [0.4, 0.5) is 8.78 Å². The smallest absolute Gasteiger partial charge is 0.289 e. The summed E-state index contributed by atoms with van der Waals surface area (Å²) in [5, 5.41) is 11.4. The summed E-state index contributed by atoms with van der Waals surface area (Å²) in [6, 6.07) is 0. The Balaban J connectivity index is 1.74. The Hall–Kier alpha value is -3.47. The Bertz CT molecular complexity index is 1240. The normalized spacial score (nSPS) is 23.7. The Morgan fingerprint density at radius 3 is 2.76 bits per heavy atom. The van der Waals surface area contributed by atoms with Crippen molar-refractivity contribution in [3.8, 4) is 5.88 Å². The lowest BCUT2D eigenvalue weighted by atomic mass is 9.84. The molecule has 3 unspecified atom stereocenters. The number of alkyl halides is 1. The van der Waals surface area contributed by atoms with Crippen molar-refractivity contribution in [2.45, 2.75) is 39.0 Å². The predicted molar refractivity (Wildman–Crippen MR) is 131 cm³/mol. The van der Waals surface area contributed by atoms with E-state index in [1.165, 1.54) is 41.9 Å². The van der Waals surface area contributed by atoms with E-state index >= 15 is 0 Å². The molecule has 200 valence electrons. The Morgan fingerprint density at radius 2 is 2.08 bits per heavy atom.